The van der Waals surface area contributed by atoms with Crippen molar-refractivity contribution in [2.24, 2.45) is 5.92 Å². The van der Waals surface area contributed by atoms with Crippen LogP contribution in [0.25, 0.3) is 11.2 Å². The van der Waals surface area contributed by atoms with Gasteiger partial charge in [-0.1, -0.05) is 189 Å². The number of benzene rings is 5. The molecule has 0 saturated carbocycles. The van der Waals surface area contributed by atoms with Crippen molar-refractivity contribution >= 4 is 66.3 Å². The molecule has 4 atom stereocenters. The number of H-pyrrole nitrogens is 1. The molecule has 0 aliphatic carbocycles. The Morgan fingerprint density at radius 3 is 1.64 bits per heavy atom. The molecule has 5 aromatic carbocycles. The van der Waals surface area contributed by atoms with Crippen LogP contribution in [0.4, 0.5) is 5.95 Å². The normalized spacial score (nSPS) is 18.6. The molecule has 0 spiro atoms. The van der Waals surface area contributed by atoms with E-state index >= 15 is 0 Å². The quantitative estimate of drug-likeness (QED) is 0.0508. The van der Waals surface area contributed by atoms with Crippen LogP contribution in [-0.4, -0.2) is 97.7 Å². The molecule has 0 radical (unpaired) electrons. The maximum atomic E-state index is 13.7. The first-order chi connectivity index (χ1) is 34.5. The predicted octanol–water partition coefficient (Wildman–Crippen LogP) is 7.22. The summed E-state index contributed by atoms with van der Waals surface area (Å²) >= 11 is 0. The third kappa shape index (κ3) is 9.43. The molecule has 0 unspecified atom stereocenters. The largest absolute Gasteiger partial charge is 0.405 e. The Labute approximate surface area is 422 Å². The van der Waals surface area contributed by atoms with Crippen LogP contribution < -0.4 is 31.6 Å². The summed E-state index contributed by atoms with van der Waals surface area (Å²) < 4.78 is 32.0. The minimum atomic E-state index is -3.41. The van der Waals surface area contributed by atoms with E-state index in [9.17, 15) is 14.4 Å². The Hall–Kier alpha value is -6.38. The average molecular weight is 1010 g/mol. The summed E-state index contributed by atoms with van der Waals surface area (Å²) in [4.78, 5) is 58.9. The first kappa shape index (κ1) is 50.6. The smallest absolute Gasteiger partial charge is 0.285 e. The lowest BCUT2D eigenvalue weighted by atomic mass is 10.1. The van der Waals surface area contributed by atoms with Crippen molar-refractivity contribution in [3.05, 3.63) is 173 Å². The molecule has 7 aromatic rings. The van der Waals surface area contributed by atoms with Gasteiger partial charge in [-0.05, 0) is 48.9 Å². The first-order valence-electron chi connectivity index (χ1n) is 24.7. The lowest BCUT2D eigenvalue weighted by Crippen LogP contribution is -2.70. The molecule has 2 N–H and O–H groups in total. The van der Waals surface area contributed by atoms with Crippen molar-refractivity contribution in [2.75, 3.05) is 31.7 Å². The topological polar surface area (TPSA) is 159 Å². The van der Waals surface area contributed by atoms with Crippen LogP contribution in [0, 0.1) is 5.92 Å². The first-order valence-corrected chi connectivity index (χ1v) is 28.5. The molecule has 4 heterocycles. The van der Waals surface area contributed by atoms with Crippen LogP contribution in [0.1, 0.15) is 82.3 Å². The highest BCUT2D eigenvalue weighted by Gasteiger charge is 2.59. The zero-order valence-electron chi connectivity index (χ0n) is 42.2. The summed E-state index contributed by atoms with van der Waals surface area (Å²) in [5, 5.41) is 7.53. The number of imide groups is 1. The van der Waals surface area contributed by atoms with Crippen LogP contribution in [0.15, 0.2) is 157 Å². The van der Waals surface area contributed by atoms with E-state index in [1.807, 2.05) is 48.5 Å². The highest BCUT2D eigenvalue weighted by atomic mass is 28.4. The van der Waals surface area contributed by atoms with Gasteiger partial charge in [0.15, 0.2) is 17.4 Å². The molecule has 1 fully saturated rings. The molecule has 2 aliphatic heterocycles. The van der Waals surface area contributed by atoms with E-state index in [1.165, 1.54) is 0 Å². The van der Waals surface area contributed by atoms with Crippen molar-refractivity contribution in [1.82, 2.24) is 24.6 Å². The number of hydroxylamine groups is 2. The summed E-state index contributed by atoms with van der Waals surface area (Å²) in [6, 6.07) is 48.3. The SMILES string of the molecule is CC(C)CNc1nc2c(ncn2[C@@H]2O[C@H](CO[Si](c3ccccc3)(c3ccccc3)C(C)(C)C)[C@@H](O[Si](c3ccccc3)(c3ccccc3)C(C)(C)C)[C@H]2OCCON2C(=O)c3ccccc3C2=O)c(=O)[nH]1. The number of nitrogens with one attached hydrogen (secondary N) is 2. The molecule has 16 heteroatoms. The van der Waals surface area contributed by atoms with Gasteiger partial charge in [-0.2, -0.15) is 4.98 Å². The summed E-state index contributed by atoms with van der Waals surface area (Å²) in [6.45, 7) is 17.9. The Morgan fingerprint density at radius 2 is 1.15 bits per heavy atom. The summed E-state index contributed by atoms with van der Waals surface area (Å²) in [6.07, 6.45) is -2.01. The molecule has 0 bridgehead atoms. The van der Waals surface area contributed by atoms with Gasteiger partial charge in [-0.15, -0.1) is 5.06 Å². The second-order valence-corrected chi connectivity index (χ2v) is 29.5. The molecular weight excluding hydrogens is 941 g/mol. The van der Waals surface area contributed by atoms with Crippen LogP contribution >= 0.6 is 0 Å². The van der Waals surface area contributed by atoms with Crippen molar-refractivity contribution in [2.45, 2.75) is 90.0 Å². The van der Waals surface area contributed by atoms with E-state index in [0.29, 0.717) is 12.5 Å². The Bertz CT molecular complexity index is 2940. The molecule has 2 aromatic heterocycles. The van der Waals surface area contributed by atoms with Crippen LogP contribution in [-0.2, 0) is 23.2 Å². The van der Waals surface area contributed by atoms with Gasteiger partial charge in [-0.25, -0.2) is 4.98 Å². The maximum Gasteiger partial charge on any atom is 0.285 e. The van der Waals surface area contributed by atoms with E-state index < -0.39 is 63.6 Å². The molecule has 1 saturated heterocycles. The van der Waals surface area contributed by atoms with Gasteiger partial charge < -0.3 is 23.6 Å². The standard InChI is InChI=1S/C56H64N6O8Si2/c1-38(2)35-57-54-59-49-46(50(63)60-54)58-37-61(49)53-48(66-33-34-67-62-51(64)43-31-21-22-32-44(43)52(62)65)47(70-72(56(6,7)8,41-27-17-11-18-28-41)42-29-19-12-20-30-42)45(69-53)36-68-71(55(3,4)5,39-23-13-9-14-24-39)40-25-15-10-16-26-40/h9-32,37-38,45,47-48,53H,33-36H2,1-8H3,(H2,57,59,60,63)/t45-,47-,48-,53-/m1/s1. The predicted molar refractivity (Wildman–Crippen MR) is 284 cm³/mol. The molecule has 374 valence electrons. The van der Waals surface area contributed by atoms with Gasteiger partial charge in [-0.3, -0.25) is 28.8 Å². The number of anilines is 1. The number of nitrogens with zero attached hydrogens (tertiary/aromatic N) is 4. The monoisotopic (exact) mass is 1000 g/mol. The Balaban J connectivity index is 1.20. The van der Waals surface area contributed by atoms with E-state index in [2.05, 4.69) is 143 Å². The number of rotatable bonds is 18. The summed E-state index contributed by atoms with van der Waals surface area (Å²) in [7, 11) is -6.59. The minimum absolute atomic E-state index is 0.0832. The summed E-state index contributed by atoms with van der Waals surface area (Å²) in [5.41, 5.74) is 0.529. The number of hydrogen-bond donors (Lipinski definition) is 2. The van der Waals surface area contributed by atoms with Crippen LogP contribution in [0.2, 0.25) is 10.1 Å². The number of imidazole rings is 1. The van der Waals surface area contributed by atoms with Crippen LogP contribution in [0.3, 0.4) is 0 Å². The fraction of sp³-hybridized carbons (Fsp3) is 0.339. The van der Waals surface area contributed by atoms with E-state index in [4.69, 9.17) is 28.1 Å². The molecular formula is C56H64N6O8Si2. The number of hydrogen-bond acceptors (Lipinski definition) is 11. The Kier molecular flexibility index (Phi) is 14.5. The van der Waals surface area contributed by atoms with E-state index in [-0.39, 0.29) is 53.1 Å². The number of aromatic nitrogens is 4. The van der Waals surface area contributed by atoms with E-state index in [0.717, 1.165) is 25.8 Å². The number of ether oxygens (including phenoxy) is 2. The minimum Gasteiger partial charge on any atom is -0.405 e. The third-order valence-corrected chi connectivity index (χ3v) is 23.7. The van der Waals surface area contributed by atoms with Crippen molar-refractivity contribution in [3.8, 4) is 0 Å². The summed E-state index contributed by atoms with van der Waals surface area (Å²) in [5.74, 6) is -0.534. The third-order valence-electron chi connectivity index (χ3n) is 13.7. The maximum absolute atomic E-state index is 13.7. The second-order valence-electron chi connectivity index (χ2n) is 20.9. The van der Waals surface area contributed by atoms with Crippen molar-refractivity contribution in [1.29, 1.82) is 0 Å². The van der Waals surface area contributed by atoms with Gasteiger partial charge in [0.25, 0.3) is 34.0 Å². The van der Waals surface area contributed by atoms with Gasteiger partial charge in [0.05, 0.1) is 37.3 Å². The fourth-order valence-electron chi connectivity index (χ4n) is 10.3. The number of carbonyl (C=O) groups excluding carboxylic acids is 2. The fourth-order valence-corrected chi connectivity index (χ4v) is 19.6. The molecule has 14 nitrogen and oxygen atoms in total. The van der Waals surface area contributed by atoms with E-state index in [1.54, 1.807) is 35.2 Å². The van der Waals surface area contributed by atoms with Crippen LogP contribution in [0.5, 0.6) is 0 Å². The van der Waals surface area contributed by atoms with Gasteiger partial charge >= 0.3 is 0 Å². The highest BCUT2D eigenvalue weighted by Crippen LogP contribution is 2.44. The number of carbonyl (C=O) groups is 2. The zero-order chi connectivity index (χ0) is 50.8. The molecule has 72 heavy (non-hydrogen) atoms. The van der Waals surface area contributed by atoms with Crippen molar-refractivity contribution in [3.63, 3.8) is 0 Å². The number of fused-ring (bicyclic) bond motifs is 2. The molecule has 2 aliphatic rings. The van der Waals surface area contributed by atoms with Gasteiger partial charge in [0, 0.05) is 6.54 Å². The average Bonchev–Trinajstić information content (AvgIpc) is 4.02. The second kappa shape index (κ2) is 20.6. The Morgan fingerprint density at radius 1 is 0.667 bits per heavy atom. The van der Waals surface area contributed by atoms with Gasteiger partial charge in [0.1, 0.15) is 18.3 Å². The lowest BCUT2D eigenvalue weighted by Gasteiger charge is -2.46. The lowest BCUT2D eigenvalue weighted by molar-refractivity contribution is -0.127. The highest BCUT2D eigenvalue weighted by molar-refractivity contribution is 7.00. The molecule has 9 rings (SSSR count). The number of amides is 2. The van der Waals surface area contributed by atoms with Gasteiger partial charge in [0.2, 0.25) is 5.95 Å². The molecule has 2 amide bonds. The zero-order valence-corrected chi connectivity index (χ0v) is 44.2. The van der Waals surface area contributed by atoms with Crippen molar-refractivity contribution < 1.29 is 32.8 Å². The number of aromatic amines is 1.